The van der Waals surface area contributed by atoms with Gasteiger partial charge in [-0.15, -0.1) is 24.8 Å². The van der Waals surface area contributed by atoms with Crippen LogP contribution in [0.25, 0.3) is 0 Å². The van der Waals surface area contributed by atoms with Crippen LogP contribution in [-0.2, 0) is 14.3 Å². The maximum Gasteiger partial charge on any atom is 0.243 e. The van der Waals surface area contributed by atoms with Gasteiger partial charge in [-0.25, -0.2) is 0 Å². The van der Waals surface area contributed by atoms with Crippen LogP contribution in [0.15, 0.2) is 24.3 Å². The minimum absolute atomic E-state index is 0. The Labute approximate surface area is 149 Å². The highest BCUT2D eigenvalue weighted by Crippen LogP contribution is 2.17. The van der Waals surface area contributed by atoms with E-state index in [0.717, 1.165) is 37.4 Å². The highest BCUT2D eigenvalue weighted by Gasteiger charge is 2.14. The summed E-state index contributed by atoms with van der Waals surface area (Å²) < 4.78 is 10.2. The molecule has 1 aliphatic rings. The van der Waals surface area contributed by atoms with E-state index in [4.69, 9.17) is 15.2 Å². The number of hydrogen-bond donors (Lipinski definition) is 3. The number of carbonyl (C=O) groups excluding carboxylic acids is 1. The fourth-order valence-corrected chi connectivity index (χ4v) is 2.22. The normalized spacial score (nSPS) is 15.7. The van der Waals surface area contributed by atoms with Gasteiger partial charge in [0.1, 0.15) is 6.04 Å². The zero-order valence-corrected chi connectivity index (χ0v) is 14.8. The first-order valence-electron chi connectivity index (χ1n) is 7.19. The quantitative estimate of drug-likeness (QED) is 0.717. The van der Waals surface area contributed by atoms with Gasteiger partial charge in [0, 0.05) is 37.7 Å². The summed E-state index contributed by atoms with van der Waals surface area (Å²) in [6.07, 6.45) is 2.04. The molecule has 1 atom stereocenters. The van der Waals surface area contributed by atoms with Crippen molar-refractivity contribution in [3.05, 3.63) is 24.3 Å². The third kappa shape index (κ3) is 7.37. The van der Waals surface area contributed by atoms with Crippen molar-refractivity contribution in [2.45, 2.75) is 24.9 Å². The molecule has 4 N–H and O–H groups in total. The van der Waals surface area contributed by atoms with E-state index in [2.05, 4.69) is 10.6 Å². The first kappa shape index (κ1) is 21.9. The molecule has 1 saturated heterocycles. The van der Waals surface area contributed by atoms with Crippen molar-refractivity contribution >= 4 is 42.1 Å². The number of ether oxygens (including phenoxy) is 2. The van der Waals surface area contributed by atoms with E-state index < -0.39 is 6.04 Å². The SMILES string of the molecule is COCC(N)C(=O)Nc1ccc(NC2CCOCC2)cc1.Cl.Cl. The molecular weight excluding hydrogens is 341 g/mol. The van der Waals surface area contributed by atoms with Gasteiger partial charge in [0.2, 0.25) is 5.91 Å². The number of nitrogens with one attached hydrogen (secondary N) is 2. The minimum atomic E-state index is -0.657. The van der Waals surface area contributed by atoms with E-state index in [1.807, 2.05) is 24.3 Å². The van der Waals surface area contributed by atoms with Gasteiger partial charge in [-0.3, -0.25) is 4.79 Å². The summed E-state index contributed by atoms with van der Waals surface area (Å²) in [4.78, 5) is 11.8. The third-order valence-electron chi connectivity index (χ3n) is 3.43. The summed E-state index contributed by atoms with van der Waals surface area (Å²) in [6.45, 7) is 1.82. The van der Waals surface area contributed by atoms with Crippen LogP contribution in [0.2, 0.25) is 0 Å². The maximum atomic E-state index is 11.8. The Morgan fingerprint density at radius 3 is 2.39 bits per heavy atom. The summed E-state index contributed by atoms with van der Waals surface area (Å²) in [6, 6.07) is 7.42. The van der Waals surface area contributed by atoms with E-state index in [-0.39, 0.29) is 37.3 Å². The topological polar surface area (TPSA) is 85.6 Å². The molecule has 1 amide bonds. The molecule has 1 fully saturated rings. The molecule has 132 valence electrons. The minimum Gasteiger partial charge on any atom is -0.383 e. The largest absolute Gasteiger partial charge is 0.383 e. The van der Waals surface area contributed by atoms with Crippen molar-refractivity contribution in [2.24, 2.45) is 5.73 Å². The Morgan fingerprint density at radius 1 is 1.26 bits per heavy atom. The molecule has 1 aromatic rings. The average Bonchev–Trinajstić information content (AvgIpc) is 2.50. The Kier molecular flexibility index (Phi) is 11.0. The Morgan fingerprint density at radius 2 is 1.83 bits per heavy atom. The summed E-state index contributed by atoms with van der Waals surface area (Å²) in [5, 5.41) is 6.23. The van der Waals surface area contributed by atoms with Crippen LogP contribution in [0, 0.1) is 0 Å². The highest BCUT2D eigenvalue weighted by atomic mass is 35.5. The van der Waals surface area contributed by atoms with Gasteiger partial charge < -0.3 is 25.8 Å². The van der Waals surface area contributed by atoms with Gasteiger partial charge in [0.15, 0.2) is 0 Å². The second-order valence-corrected chi connectivity index (χ2v) is 5.16. The predicted molar refractivity (Wildman–Crippen MR) is 96.9 cm³/mol. The number of halogens is 2. The van der Waals surface area contributed by atoms with Gasteiger partial charge in [-0.05, 0) is 37.1 Å². The molecule has 0 aromatic heterocycles. The lowest BCUT2D eigenvalue weighted by molar-refractivity contribution is -0.118. The third-order valence-corrected chi connectivity index (χ3v) is 3.43. The van der Waals surface area contributed by atoms with Crippen LogP contribution < -0.4 is 16.4 Å². The summed E-state index contributed by atoms with van der Waals surface area (Å²) in [5.74, 6) is -0.248. The number of rotatable bonds is 6. The molecule has 23 heavy (non-hydrogen) atoms. The van der Waals surface area contributed by atoms with Crippen LogP contribution >= 0.6 is 24.8 Å². The Balaban J connectivity index is 0.00000242. The van der Waals surface area contributed by atoms with Crippen molar-refractivity contribution in [1.82, 2.24) is 0 Å². The van der Waals surface area contributed by atoms with Crippen LogP contribution in [0.4, 0.5) is 11.4 Å². The molecule has 8 heteroatoms. The number of hydrogen-bond acceptors (Lipinski definition) is 5. The van der Waals surface area contributed by atoms with Gasteiger partial charge in [-0.1, -0.05) is 0 Å². The molecule has 0 aliphatic carbocycles. The standard InChI is InChI=1S/C15H23N3O3.2ClH/c1-20-10-14(16)15(19)18-12-4-2-11(3-5-12)17-13-6-8-21-9-7-13;;/h2-5,13-14,17H,6-10,16H2,1H3,(H,18,19);2*1H. The van der Waals surface area contributed by atoms with E-state index in [9.17, 15) is 4.79 Å². The number of amides is 1. The second kappa shape index (κ2) is 11.5. The number of benzene rings is 1. The molecular formula is C15H25Cl2N3O3. The molecule has 1 heterocycles. The first-order valence-corrected chi connectivity index (χ1v) is 7.19. The van der Waals surface area contributed by atoms with Gasteiger partial charge in [-0.2, -0.15) is 0 Å². The van der Waals surface area contributed by atoms with E-state index in [1.165, 1.54) is 7.11 Å². The van der Waals surface area contributed by atoms with Gasteiger partial charge in [0.25, 0.3) is 0 Å². The Hall–Kier alpha value is -1.05. The molecule has 0 saturated carbocycles. The van der Waals surface area contributed by atoms with E-state index in [0.29, 0.717) is 6.04 Å². The molecule has 0 radical (unpaired) electrons. The van der Waals surface area contributed by atoms with Crippen LogP contribution in [-0.4, -0.2) is 44.9 Å². The van der Waals surface area contributed by atoms with Crippen LogP contribution in [0.5, 0.6) is 0 Å². The number of methoxy groups -OCH3 is 1. The summed E-state index contributed by atoms with van der Waals surface area (Å²) in [7, 11) is 1.52. The Bertz CT molecular complexity index is 454. The van der Waals surface area contributed by atoms with Crippen molar-refractivity contribution in [3.8, 4) is 0 Å². The molecule has 2 rings (SSSR count). The lowest BCUT2D eigenvalue weighted by atomic mass is 10.1. The maximum absolute atomic E-state index is 11.8. The van der Waals surface area contributed by atoms with E-state index in [1.54, 1.807) is 0 Å². The summed E-state index contributed by atoms with van der Waals surface area (Å²) in [5.41, 5.74) is 7.44. The molecule has 1 unspecified atom stereocenters. The number of nitrogens with two attached hydrogens (primary N) is 1. The monoisotopic (exact) mass is 365 g/mol. The molecule has 1 aliphatic heterocycles. The fraction of sp³-hybridized carbons (Fsp3) is 0.533. The molecule has 1 aromatic carbocycles. The fourth-order valence-electron chi connectivity index (χ4n) is 2.22. The number of carbonyl (C=O) groups is 1. The lowest BCUT2D eigenvalue weighted by Gasteiger charge is -2.24. The molecule has 0 spiro atoms. The average molecular weight is 366 g/mol. The van der Waals surface area contributed by atoms with Crippen molar-refractivity contribution in [1.29, 1.82) is 0 Å². The van der Waals surface area contributed by atoms with Gasteiger partial charge >= 0.3 is 0 Å². The number of anilines is 2. The molecule has 6 nitrogen and oxygen atoms in total. The molecule has 0 bridgehead atoms. The summed E-state index contributed by atoms with van der Waals surface area (Å²) >= 11 is 0. The second-order valence-electron chi connectivity index (χ2n) is 5.16. The zero-order valence-electron chi connectivity index (χ0n) is 13.1. The van der Waals surface area contributed by atoms with Crippen LogP contribution in [0.1, 0.15) is 12.8 Å². The highest BCUT2D eigenvalue weighted by molar-refractivity contribution is 5.94. The van der Waals surface area contributed by atoms with E-state index >= 15 is 0 Å². The zero-order chi connectivity index (χ0) is 15.1. The van der Waals surface area contributed by atoms with Crippen molar-refractivity contribution < 1.29 is 14.3 Å². The first-order chi connectivity index (χ1) is 10.2. The van der Waals surface area contributed by atoms with Crippen molar-refractivity contribution in [2.75, 3.05) is 37.6 Å². The smallest absolute Gasteiger partial charge is 0.243 e. The van der Waals surface area contributed by atoms with Crippen LogP contribution in [0.3, 0.4) is 0 Å². The lowest BCUT2D eigenvalue weighted by Crippen LogP contribution is -2.39. The van der Waals surface area contributed by atoms with Crippen molar-refractivity contribution in [3.63, 3.8) is 0 Å². The predicted octanol–water partition coefficient (Wildman–Crippen LogP) is 2.03. The van der Waals surface area contributed by atoms with Gasteiger partial charge in [0.05, 0.1) is 6.61 Å².